The van der Waals surface area contributed by atoms with Crippen LogP contribution >= 0.6 is 23.2 Å². The number of rotatable bonds is 1. The molecule has 5 heteroatoms. The van der Waals surface area contributed by atoms with Gasteiger partial charge in [-0.2, -0.15) is 0 Å². The maximum atomic E-state index is 10.8. The number of halogens is 2. The Morgan fingerprint density at radius 2 is 2.38 bits per heavy atom. The normalized spacial score (nSPS) is 32.5. The fraction of sp³-hybridized carbons (Fsp3) is 0.375. The summed E-state index contributed by atoms with van der Waals surface area (Å²) >= 11 is 12.3. The fourth-order valence-electron chi connectivity index (χ4n) is 1.11. The molecule has 0 saturated heterocycles. The number of esters is 1. The van der Waals surface area contributed by atoms with Gasteiger partial charge in [-0.25, -0.2) is 0 Å². The van der Waals surface area contributed by atoms with Gasteiger partial charge < -0.3 is 0 Å². The minimum atomic E-state index is -1.13. The molecule has 0 amide bonds. The summed E-state index contributed by atoms with van der Waals surface area (Å²) in [5.74, 6) is -0.407. The van der Waals surface area contributed by atoms with Gasteiger partial charge in [-0.3, -0.25) is 0 Å². The molecule has 1 rings (SSSR count). The molecular weight excluding hydrogens is 314 g/mol. The second-order valence-corrected chi connectivity index (χ2v) is 7.45. The molecule has 0 fully saturated rings. The number of carbonyl (C=O) groups excluding carboxylic acids is 1. The van der Waals surface area contributed by atoms with Crippen LogP contribution in [0.4, 0.5) is 0 Å². The Bertz CT molecular complexity index is 288. The second kappa shape index (κ2) is 4.28. The average molecular weight is 323 g/mol. The third-order valence-electron chi connectivity index (χ3n) is 1.85. The van der Waals surface area contributed by atoms with Crippen molar-refractivity contribution in [3.05, 3.63) is 23.3 Å². The first-order chi connectivity index (χ1) is 5.97. The summed E-state index contributed by atoms with van der Waals surface area (Å²) in [5.41, 5.74) is 0. The molecule has 0 aromatic heterocycles. The first-order valence-electron chi connectivity index (χ1n) is 3.90. The maximum absolute atomic E-state index is 10.8. The molecule has 0 aromatic rings. The second-order valence-electron chi connectivity index (χ2n) is 2.93. The van der Waals surface area contributed by atoms with Crippen molar-refractivity contribution < 1.29 is 9.53 Å². The van der Waals surface area contributed by atoms with E-state index in [2.05, 4.69) is 0 Å². The van der Waals surface area contributed by atoms with Crippen molar-refractivity contribution in [2.24, 2.45) is 0 Å². The Hall–Kier alpha value is 0.400. The summed E-state index contributed by atoms with van der Waals surface area (Å²) in [6.07, 6.45) is 5.43. The van der Waals surface area contributed by atoms with Crippen molar-refractivity contribution in [3.8, 4) is 0 Å². The number of ether oxygens (including phenoxy) is 1. The molecule has 2 nitrogen and oxygen atoms in total. The van der Waals surface area contributed by atoms with E-state index in [1.54, 1.807) is 6.08 Å². The van der Waals surface area contributed by atoms with Crippen LogP contribution in [0.25, 0.3) is 0 Å². The summed E-state index contributed by atoms with van der Waals surface area (Å²) in [6, 6.07) is 0. The molecule has 0 aromatic carbocycles. The van der Waals surface area contributed by atoms with Gasteiger partial charge in [0.2, 0.25) is 0 Å². The first kappa shape index (κ1) is 11.5. The zero-order valence-corrected chi connectivity index (χ0v) is 14.6. The quantitative estimate of drug-likeness (QED) is 0.541. The summed E-state index contributed by atoms with van der Waals surface area (Å²) < 4.78 is 5.11. The number of hydrogen-bond acceptors (Lipinski definition) is 2. The summed E-state index contributed by atoms with van der Waals surface area (Å²) in [7, 11) is 0. The van der Waals surface area contributed by atoms with E-state index in [4.69, 9.17) is 27.9 Å². The van der Waals surface area contributed by atoms with Gasteiger partial charge in [-0.05, 0) is 0 Å². The van der Waals surface area contributed by atoms with Gasteiger partial charge in [0.1, 0.15) is 0 Å². The molecule has 0 N–H and O–H groups in total. The van der Waals surface area contributed by atoms with Crippen molar-refractivity contribution in [3.63, 3.8) is 0 Å². The molecular formula is C8H9Cl2InO2. The van der Waals surface area contributed by atoms with Crippen LogP contribution in [0.3, 0.4) is 0 Å². The molecule has 0 radical (unpaired) electrons. The van der Waals surface area contributed by atoms with E-state index in [0.717, 1.165) is 0 Å². The van der Waals surface area contributed by atoms with E-state index in [1.807, 2.05) is 12.2 Å². The zero-order valence-electron chi connectivity index (χ0n) is 7.38. The van der Waals surface area contributed by atoms with Crippen LogP contribution in [0.2, 0.25) is 3.67 Å². The van der Waals surface area contributed by atoms with Crippen LogP contribution in [-0.4, -0.2) is 35.4 Å². The van der Waals surface area contributed by atoms with Gasteiger partial charge >= 0.3 is 102 Å². The molecule has 2 unspecified atom stereocenters. The first-order valence-corrected chi connectivity index (χ1v) is 7.95. The summed E-state index contributed by atoms with van der Waals surface area (Å²) in [4.78, 5) is 10.8. The molecule has 0 heterocycles. The Balaban J connectivity index is 2.92. The van der Waals surface area contributed by atoms with Crippen LogP contribution < -0.4 is 0 Å². The third kappa shape index (κ3) is 2.45. The third-order valence-corrected chi connectivity index (χ3v) is 7.44. The average Bonchev–Trinajstić information content (AvgIpc) is 1.99. The van der Waals surface area contributed by atoms with E-state index in [1.165, 1.54) is 6.92 Å². The number of hydrogen-bond donors (Lipinski definition) is 0. The van der Waals surface area contributed by atoms with Crippen LogP contribution in [0, 0.1) is 0 Å². The van der Waals surface area contributed by atoms with Gasteiger partial charge in [0, 0.05) is 0 Å². The topological polar surface area (TPSA) is 26.3 Å². The molecule has 0 saturated carbocycles. The predicted octanol–water partition coefficient (Wildman–Crippen LogP) is 1.60. The van der Waals surface area contributed by atoms with Crippen molar-refractivity contribution in [1.29, 1.82) is 0 Å². The molecule has 1 aliphatic carbocycles. The van der Waals surface area contributed by atoms with Gasteiger partial charge in [-0.1, -0.05) is 0 Å². The van der Waals surface area contributed by atoms with Crippen LogP contribution in [0.15, 0.2) is 23.3 Å². The van der Waals surface area contributed by atoms with E-state index >= 15 is 0 Å². The summed E-state index contributed by atoms with van der Waals surface area (Å²) in [6.45, 7) is 1.33. The SMILES string of the molecule is CC(=O)OC1(Cl)C(Cl)=CC=C[CH]1[InH2]. The van der Waals surface area contributed by atoms with Crippen LogP contribution in [-0.2, 0) is 9.53 Å². The number of allylic oxidation sites excluding steroid dienone is 2. The predicted molar refractivity (Wildman–Crippen MR) is 55.7 cm³/mol. The Kier molecular flexibility index (Phi) is 3.78. The molecule has 1 aliphatic rings. The van der Waals surface area contributed by atoms with E-state index in [0.29, 0.717) is 5.03 Å². The molecule has 70 valence electrons. The molecule has 0 aliphatic heterocycles. The van der Waals surface area contributed by atoms with Crippen molar-refractivity contribution in [2.45, 2.75) is 15.7 Å². The minimum absolute atomic E-state index is 0.0809. The van der Waals surface area contributed by atoms with Gasteiger partial charge in [0.05, 0.1) is 0 Å². The Labute approximate surface area is 101 Å². The number of carbonyl (C=O) groups is 1. The van der Waals surface area contributed by atoms with Crippen molar-refractivity contribution in [1.82, 2.24) is 0 Å². The van der Waals surface area contributed by atoms with E-state index < -0.39 is 11.0 Å². The van der Waals surface area contributed by atoms with Gasteiger partial charge in [-0.15, -0.1) is 0 Å². The number of alkyl halides is 1. The zero-order chi connectivity index (χ0) is 10.1. The molecule has 2 atom stereocenters. The Morgan fingerprint density at radius 1 is 1.77 bits per heavy atom. The van der Waals surface area contributed by atoms with Crippen molar-refractivity contribution >= 4 is 53.5 Å². The Morgan fingerprint density at radius 3 is 2.85 bits per heavy atom. The van der Waals surface area contributed by atoms with E-state index in [9.17, 15) is 4.79 Å². The summed E-state index contributed by atoms with van der Waals surface area (Å²) in [5, 5.41) is -0.742. The van der Waals surface area contributed by atoms with Crippen LogP contribution in [0.1, 0.15) is 6.92 Å². The van der Waals surface area contributed by atoms with E-state index in [-0.39, 0.29) is 28.0 Å². The molecule has 0 bridgehead atoms. The molecule has 13 heavy (non-hydrogen) atoms. The molecule has 0 spiro atoms. The van der Waals surface area contributed by atoms with Crippen LogP contribution in [0.5, 0.6) is 0 Å². The van der Waals surface area contributed by atoms with Gasteiger partial charge in [0.25, 0.3) is 0 Å². The fourth-order valence-corrected chi connectivity index (χ4v) is 4.02. The monoisotopic (exact) mass is 322 g/mol. The van der Waals surface area contributed by atoms with Gasteiger partial charge in [0.15, 0.2) is 0 Å². The standard InChI is InChI=1S/C8H7Cl2O2.In.2H/c1-6(11)12-8(10)5-3-2-4-7(8)9;;;/h2-5H,1H3;;;. The van der Waals surface area contributed by atoms with Crippen molar-refractivity contribution in [2.75, 3.05) is 0 Å².